The van der Waals surface area contributed by atoms with Crippen molar-refractivity contribution >= 4 is 21.8 Å². The molecule has 6 rings (SSSR count). The summed E-state index contributed by atoms with van der Waals surface area (Å²) in [6.07, 6.45) is 7.24. The van der Waals surface area contributed by atoms with E-state index in [2.05, 4.69) is 0 Å². The minimum Gasteiger partial charge on any atom is -0.495 e. The quantitative estimate of drug-likeness (QED) is 0.557. The first-order valence-electron chi connectivity index (χ1n) is 12.2. The molecule has 4 bridgehead atoms. The molecule has 1 saturated heterocycles. The number of rotatable bonds is 7. The first-order chi connectivity index (χ1) is 15.7. The monoisotopic (exact) mass is 475 g/mol. The minimum absolute atomic E-state index is 0.0355. The standard InChI is InChI=1S/C25H33NO6S/c1-16(23(27)25-13-17-9-18(14-25)11-19(10-17)15-25)32-24(28)20-5-6-21(31-2)22(12-20)33(29,30)26-7-3-4-8-26/h5-6,12,16-19H,3-4,7-11,13-15H2,1-2H3/t16-,17?,18?,19?,25?/m1/s1. The number of ether oxygens (including phenoxy) is 2. The number of esters is 1. The van der Waals surface area contributed by atoms with Crippen molar-refractivity contribution in [3.63, 3.8) is 0 Å². The lowest BCUT2D eigenvalue weighted by atomic mass is 9.48. The van der Waals surface area contributed by atoms with Crippen LogP contribution in [0.15, 0.2) is 23.1 Å². The third-order valence-electron chi connectivity index (χ3n) is 8.30. The van der Waals surface area contributed by atoms with Crippen molar-refractivity contribution < 1.29 is 27.5 Å². The third-order valence-corrected chi connectivity index (χ3v) is 10.2. The van der Waals surface area contributed by atoms with Gasteiger partial charge in [-0.1, -0.05) is 0 Å². The van der Waals surface area contributed by atoms with Crippen LogP contribution in [-0.2, 0) is 19.6 Å². The molecule has 180 valence electrons. The molecule has 5 aliphatic rings. The van der Waals surface area contributed by atoms with E-state index in [4.69, 9.17) is 9.47 Å². The summed E-state index contributed by atoms with van der Waals surface area (Å²) in [5, 5.41) is 0. The Balaban J connectivity index is 1.34. The summed E-state index contributed by atoms with van der Waals surface area (Å²) < 4.78 is 38.5. The third kappa shape index (κ3) is 3.99. The molecule has 1 atom stereocenters. The van der Waals surface area contributed by atoms with Crippen molar-refractivity contribution in [2.75, 3.05) is 20.2 Å². The lowest BCUT2D eigenvalue weighted by Gasteiger charge is -2.56. The molecule has 0 radical (unpaired) electrons. The molecule has 1 aromatic rings. The number of ketones is 1. The van der Waals surface area contributed by atoms with Crippen LogP contribution in [-0.4, -0.2) is 50.8 Å². The molecule has 1 aliphatic heterocycles. The molecule has 0 aromatic heterocycles. The van der Waals surface area contributed by atoms with E-state index in [1.54, 1.807) is 6.92 Å². The Morgan fingerprint density at radius 2 is 1.61 bits per heavy atom. The summed E-state index contributed by atoms with van der Waals surface area (Å²) in [5.74, 6) is 1.43. The number of benzene rings is 1. The first kappa shape index (κ1) is 22.8. The molecule has 0 N–H and O–H groups in total. The lowest BCUT2D eigenvalue weighted by molar-refractivity contribution is -0.152. The molecular formula is C25H33NO6S. The average Bonchev–Trinajstić information content (AvgIpc) is 3.33. The van der Waals surface area contributed by atoms with Gasteiger partial charge in [-0.05, 0) is 94.2 Å². The maximum absolute atomic E-state index is 13.5. The Hall–Kier alpha value is -1.93. The van der Waals surface area contributed by atoms with Crippen LogP contribution in [0.4, 0.5) is 0 Å². The number of carbonyl (C=O) groups excluding carboxylic acids is 2. The van der Waals surface area contributed by atoms with Gasteiger partial charge in [0.15, 0.2) is 11.9 Å². The summed E-state index contributed by atoms with van der Waals surface area (Å²) in [6.45, 7) is 2.57. The van der Waals surface area contributed by atoms with Gasteiger partial charge in [-0.25, -0.2) is 13.2 Å². The summed E-state index contributed by atoms with van der Waals surface area (Å²) in [6, 6.07) is 4.29. The minimum atomic E-state index is -3.78. The van der Waals surface area contributed by atoms with Crippen LogP contribution < -0.4 is 4.74 Å². The Labute approximate surface area is 195 Å². The number of carbonyl (C=O) groups is 2. The summed E-state index contributed by atoms with van der Waals surface area (Å²) in [7, 11) is -2.37. The number of nitrogens with zero attached hydrogens (tertiary/aromatic N) is 1. The van der Waals surface area contributed by atoms with Gasteiger partial charge in [-0.2, -0.15) is 4.31 Å². The molecule has 0 unspecified atom stereocenters. The number of sulfonamides is 1. The topological polar surface area (TPSA) is 90.0 Å². The van der Waals surface area contributed by atoms with Crippen LogP contribution in [0, 0.1) is 23.2 Å². The van der Waals surface area contributed by atoms with Crippen molar-refractivity contribution in [3.05, 3.63) is 23.8 Å². The molecule has 0 spiro atoms. The molecule has 7 nitrogen and oxygen atoms in total. The van der Waals surface area contributed by atoms with Crippen LogP contribution >= 0.6 is 0 Å². The largest absolute Gasteiger partial charge is 0.495 e. The molecule has 0 amide bonds. The smallest absolute Gasteiger partial charge is 0.338 e. The van der Waals surface area contributed by atoms with Crippen molar-refractivity contribution in [1.29, 1.82) is 0 Å². The first-order valence-corrected chi connectivity index (χ1v) is 13.6. The van der Waals surface area contributed by atoms with Gasteiger partial charge in [0.2, 0.25) is 10.0 Å². The zero-order valence-electron chi connectivity index (χ0n) is 19.4. The van der Waals surface area contributed by atoms with Crippen LogP contribution in [0.25, 0.3) is 0 Å². The molecule has 5 fully saturated rings. The number of hydrogen-bond donors (Lipinski definition) is 0. The van der Waals surface area contributed by atoms with Gasteiger partial charge in [0.05, 0.1) is 12.7 Å². The molecule has 4 aliphatic carbocycles. The second kappa shape index (κ2) is 8.38. The Morgan fingerprint density at radius 1 is 1.03 bits per heavy atom. The summed E-state index contributed by atoms with van der Waals surface area (Å²) >= 11 is 0. The van der Waals surface area contributed by atoms with Gasteiger partial charge in [0, 0.05) is 18.5 Å². The maximum atomic E-state index is 13.5. The number of Topliss-reactive ketones (excluding diaryl/α,β-unsaturated/α-hetero) is 1. The van der Waals surface area contributed by atoms with Crippen LogP contribution in [0.2, 0.25) is 0 Å². The number of hydrogen-bond acceptors (Lipinski definition) is 6. The summed E-state index contributed by atoms with van der Waals surface area (Å²) in [5.41, 5.74) is -0.239. The zero-order valence-corrected chi connectivity index (χ0v) is 20.2. The van der Waals surface area contributed by atoms with Crippen molar-refractivity contribution in [2.24, 2.45) is 23.2 Å². The van der Waals surface area contributed by atoms with Gasteiger partial charge in [-0.15, -0.1) is 0 Å². The van der Waals surface area contributed by atoms with Crippen molar-refractivity contribution in [1.82, 2.24) is 4.31 Å². The summed E-state index contributed by atoms with van der Waals surface area (Å²) in [4.78, 5) is 26.4. The van der Waals surface area contributed by atoms with E-state index in [0.29, 0.717) is 30.8 Å². The van der Waals surface area contributed by atoms with Gasteiger partial charge in [0.1, 0.15) is 10.6 Å². The maximum Gasteiger partial charge on any atom is 0.338 e. The molecule has 4 saturated carbocycles. The van der Waals surface area contributed by atoms with Crippen LogP contribution in [0.1, 0.15) is 68.6 Å². The van der Waals surface area contributed by atoms with Gasteiger partial charge < -0.3 is 9.47 Å². The average molecular weight is 476 g/mol. The highest BCUT2D eigenvalue weighted by Crippen LogP contribution is 2.60. The SMILES string of the molecule is COc1ccc(C(=O)O[C@H](C)C(=O)C23CC4CC(CC(C4)C2)C3)cc1S(=O)(=O)N1CCCC1. The molecule has 8 heteroatoms. The molecular weight excluding hydrogens is 442 g/mol. The molecule has 1 heterocycles. The highest BCUT2D eigenvalue weighted by atomic mass is 32.2. The predicted molar refractivity (Wildman–Crippen MR) is 121 cm³/mol. The molecule has 33 heavy (non-hydrogen) atoms. The fourth-order valence-corrected chi connectivity index (χ4v) is 8.90. The Bertz CT molecular complexity index is 1020. The van der Waals surface area contributed by atoms with Crippen LogP contribution in [0.3, 0.4) is 0 Å². The second-order valence-corrected chi connectivity index (χ2v) is 12.5. The zero-order chi connectivity index (χ0) is 23.4. The van der Waals surface area contributed by atoms with E-state index in [1.807, 2.05) is 0 Å². The van der Waals surface area contributed by atoms with Crippen molar-refractivity contribution in [3.8, 4) is 5.75 Å². The van der Waals surface area contributed by atoms with E-state index < -0.39 is 22.1 Å². The predicted octanol–water partition coefficient (Wildman–Crippen LogP) is 3.81. The van der Waals surface area contributed by atoms with E-state index in [0.717, 1.165) is 32.1 Å². The fraction of sp³-hybridized carbons (Fsp3) is 0.680. The molecule has 1 aromatic carbocycles. The van der Waals surface area contributed by atoms with E-state index in [-0.39, 0.29) is 27.4 Å². The van der Waals surface area contributed by atoms with Gasteiger partial charge in [0.25, 0.3) is 0 Å². The van der Waals surface area contributed by atoms with E-state index in [1.165, 1.54) is 48.9 Å². The van der Waals surface area contributed by atoms with E-state index >= 15 is 0 Å². The second-order valence-electron chi connectivity index (χ2n) is 10.6. The highest BCUT2D eigenvalue weighted by Gasteiger charge is 2.55. The lowest BCUT2D eigenvalue weighted by Crippen LogP contribution is -2.52. The van der Waals surface area contributed by atoms with Gasteiger partial charge in [-0.3, -0.25) is 4.79 Å². The number of methoxy groups -OCH3 is 1. The fourth-order valence-electron chi connectivity index (χ4n) is 7.20. The van der Waals surface area contributed by atoms with Gasteiger partial charge >= 0.3 is 5.97 Å². The Morgan fingerprint density at radius 3 is 2.15 bits per heavy atom. The van der Waals surface area contributed by atoms with Crippen LogP contribution in [0.5, 0.6) is 5.75 Å². The Kier molecular flexibility index (Phi) is 5.80. The van der Waals surface area contributed by atoms with E-state index in [9.17, 15) is 18.0 Å². The normalized spacial score (nSPS) is 32.0. The van der Waals surface area contributed by atoms with Crippen molar-refractivity contribution in [2.45, 2.75) is 69.3 Å². The highest BCUT2D eigenvalue weighted by molar-refractivity contribution is 7.89.